The minimum atomic E-state index is -0.494. The maximum Gasteiger partial charge on any atom is 0.271 e. The Bertz CT molecular complexity index is 1610. The van der Waals surface area contributed by atoms with Gasteiger partial charge in [0.1, 0.15) is 0 Å². The highest BCUT2D eigenvalue weighted by atomic mass is 32.2. The fraction of sp³-hybridized carbons (Fsp3) is 0.148. The van der Waals surface area contributed by atoms with Gasteiger partial charge in [-0.3, -0.25) is 19.5 Å². The van der Waals surface area contributed by atoms with Gasteiger partial charge in [0, 0.05) is 40.0 Å². The van der Waals surface area contributed by atoms with Crippen molar-refractivity contribution in [1.29, 1.82) is 0 Å². The number of benzene rings is 3. The molecule has 2 aromatic heterocycles. The van der Waals surface area contributed by atoms with Crippen LogP contribution in [-0.4, -0.2) is 36.3 Å². The Morgan fingerprint density at radius 3 is 2.65 bits per heavy atom. The first-order valence-electron chi connectivity index (χ1n) is 11.6. The lowest BCUT2D eigenvalue weighted by Gasteiger charge is -2.11. The molecule has 10 heteroatoms. The van der Waals surface area contributed by atoms with Crippen LogP contribution in [0.4, 0.5) is 11.4 Å². The van der Waals surface area contributed by atoms with E-state index in [1.54, 1.807) is 6.07 Å². The molecule has 5 aromatic rings. The summed E-state index contributed by atoms with van der Waals surface area (Å²) in [6.45, 7) is 4.69. The summed E-state index contributed by atoms with van der Waals surface area (Å²) in [7, 11) is 0. The highest BCUT2D eigenvalue weighted by Gasteiger charge is 2.18. The van der Waals surface area contributed by atoms with Crippen molar-refractivity contribution >= 4 is 39.9 Å². The van der Waals surface area contributed by atoms with Crippen molar-refractivity contribution in [2.75, 3.05) is 11.1 Å². The van der Waals surface area contributed by atoms with Gasteiger partial charge in [0.05, 0.1) is 17.2 Å². The molecule has 2 N–H and O–H groups in total. The van der Waals surface area contributed by atoms with Gasteiger partial charge in [0.15, 0.2) is 11.0 Å². The average molecular weight is 513 g/mol. The predicted molar refractivity (Wildman–Crippen MR) is 145 cm³/mol. The number of rotatable bonds is 8. The second kappa shape index (κ2) is 10.3. The van der Waals surface area contributed by atoms with E-state index in [0.717, 1.165) is 27.7 Å². The number of anilines is 1. The molecular weight excluding hydrogens is 488 g/mol. The van der Waals surface area contributed by atoms with Crippen LogP contribution >= 0.6 is 11.8 Å². The molecule has 9 nitrogen and oxygen atoms in total. The van der Waals surface area contributed by atoms with E-state index in [4.69, 9.17) is 0 Å². The first-order valence-corrected chi connectivity index (χ1v) is 12.6. The van der Waals surface area contributed by atoms with E-state index in [-0.39, 0.29) is 17.3 Å². The van der Waals surface area contributed by atoms with Gasteiger partial charge in [-0.2, -0.15) is 0 Å². The van der Waals surface area contributed by atoms with Crippen molar-refractivity contribution in [2.45, 2.75) is 25.5 Å². The molecule has 1 amide bonds. The van der Waals surface area contributed by atoms with E-state index in [1.165, 1.54) is 35.5 Å². The molecule has 0 aliphatic carbocycles. The average Bonchev–Trinajstić information content (AvgIpc) is 3.42. The minimum absolute atomic E-state index is 0.0742. The van der Waals surface area contributed by atoms with Crippen LogP contribution in [0, 0.1) is 24.0 Å². The second-order valence-corrected chi connectivity index (χ2v) is 9.60. The third kappa shape index (κ3) is 5.24. The number of amides is 1. The molecule has 0 atom stereocenters. The number of carbonyl (C=O) groups excluding carboxylic acids is 1. The lowest BCUT2D eigenvalue weighted by atomic mass is 10.1. The number of aromatic nitrogens is 4. The van der Waals surface area contributed by atoms with Crippen LogP contribution in [0.3, 0.4) is 0 Å². The van der Waals surface area contributed by atoms with E-state index in [2.05, 4.69) is 40.4 Å². The first kappa shape index (κ1) is 24.3. The van der Waals surface area contributed by atoms with Crippen LogP contribution < -0.4 is 5.32 Å². The summed E-state index contributed by atoms with van der Waals surface area (Å²) in [5.41, 5.74) is 5.70. The largest absolute Gasteiger partial charge is 0.358 e. The van der Waals surface area contributed by atoms with Crippen LogP contribution in [0.1, 0.15) is 16.8 Å². The van der Waals surface area contributed by atoms with Gasteiger partial charge >= 0.3 is 0 Å². The van der Waals surface area contributed by atoms with Crippen LogP contribution in [0.25, 0.3) is 22.3 Å². The number of non-ortho nitro benzene ring substituents is 1. The van der Waals surface area contributed by atoms with Crippen molar-refractivity contribution in [3.8, 4) is 11.4 Å². The Morgan fingerprint density at radius 2 is 1.86 bits per heavy atom. The van der Waals surface area contributed by atoms with Crippen molar-refractivity contribution in [2.24, 2.45) is 0 Å². The van der Waals surface area contributed by atoms with E-state index >= 15 is 0 Å². The molecule has 0 saturated carbocycles. The topological polar surface area (TPSA) is 119 Å². The third-order valence-electron chi connectivity index (χ3n) is 6.14. The molecule has 0 bridgehead atoms. The fourth-order valence-corrected chi connectivity index (χ4v) is 4.88. The van der Waals surface area contributed by atoms with Gasteiger partial charge in [-0.15, -0.1) is 10.2 Å². The van der Waals surface area contributed by atoms with Crippen LogP contribution in [0.2, 0.25) is 0 Å². The zero-order valence-electron chi connectivity index (χ0n) is 20.3. The van der Waals surface area contributed by atoms with Gasteiger partial charge in [-0.25, -0.2) is 0 Å². The number of nitrogens with one attached hydrogen (secondary N) is 2. The van der Waals surface area contributed by atoms with E-state index < -0.39 is 4.92 Å². The highest BCUT2D eigenvalue weighted by molar-refractivity contribution is 7.99. The SMILES string of the molecule is Cc1[nH]c2ccc(-c3nnc(SCC(=O)Nc4cccc([N+](=O)[O-])c4)n3Cc3ccccc3)cc2c1C. The maximum absolute atomic E-state index is 12.6. The minimum Gasteiger partial charge on any atom is -0.358 e. The lowest BCUT2D eigenvalue weighted by Crippen LogP contribution is -2.15. The molecule has 0 radical (unpaired) electrons. The summed E-state index contributed by atoms with van der Waals surface area (Å²) in [5, 5.41) is 24.4. The summed E-state index contributed by atoms with van der Waals surface area (Å²) in [6, 6.07) is 22.1. The van der Waals surface area contributed by atoms with E-state index in [1.807, 2.05) is 47.0 Å². The molecule has 37 heavy (non-hydrogen) atoms. The van der Waals surface area contributed by atoms with Crippen molar-refractivity contribution in [3.05, 3.63) is 99.7 Å². The van der Waals surface area contributed by atoms with Gasteiger partial charge in [-0.1, -0.05) is 48.2 Å². The first-order chi connectivity index (χ1) is 17.9. The summed E-state index contributed by atoms with van der Waals surface area (Å²) >= 11 is 1.27. The molecule has 2 heterocycles. The summed E-state index contributed by atoms with van der Waals surface area (Å²) in [5.74, 6) is 0.497. The number of nitrogens with zero attached hydrogens (tertiary/aromatic N) is 4. The molecule has 0 aliphatic rings. The zero-order chi connectivity index (χ0) is 25.9. The van der Waals surface area contributed by atoms with Crippen molar-refractivity contribution in [1.82, 2.24) is 19.7 Å². The van der Waals surface area contributed by atoms with Gasteiger partial charge in [-0.05, 0) is 49.2 Å². The number of hydrogen-bond donors (Lipinski definition) is 2. The van der Waals surface area contributed by atoms with Crippen molar-refractivity contribution in [3.63, 3.8) is 0 Å². The van der Waals surface area contributed by atoms with Gasteiger partial charge < -0.3 is 10.3 Å². The summed E-state index contributed by atoms with van der Waals surface area (Å²) in [6.07, 6.45) is 0. The quantitative estimate of drug-likeness (QED) is 0.156. The summed E-state index contributed by atoms with van der Waals surface area (Å²) in [4.78, 5) is 26.6. The van der Waals surface area contributed by atoms with E-state index in [0.29, 0.717) is 23.2 Å². The lowest BCUT2D eigenvalue weighted by molar-refractivity contribution is -0.384. The molecule has 186 valence electrons. The monoisotopic (exact) mass is 512 g/mol. The smallest absolute Gasteiger partial charge is 0.271 e. The number of H-pyrrole nitrogens is 1. The molecule has 0 spiro atoms. The Labute approximate surface area is 217 Å². The Kier molecular flexibility index (Phi) is 6.74. The molecule has 0 aliphatic heterocycles. The normalized spacial score (nSPS) is 11.1. The number of fused-ring (bicyclic) bond motifs is 1. The van der Waals surface area contributed by atoms with Crippen molar-refractivity contribution < 1.29 is 9.72 Å². The number of aromatic amines is 1. The number of carbonyl (C=O) groups is 1. The Balaban J connectivity index is 1.41. The van der Waals surface area contributed by atoms with Crippen LogP contribution in [-0.2, 0) is 11.3 Å². The van der Waals surface area contributed by atoms with E-state index in [9.17, 15) is 14.9 Å². The third-order valence-corrected chi connectivity index (χ3v) is 7.11. The molecule has 0 unspecified atom stereocenters. The molecule has 0 fully saturated rings. The second-order valence-electron chi connectivity index (χ2n) is 8.66. The van der Waals surface area contributed by atoms with Gasteiger partial charge in [0.2, 0.25) is 5.91 Å². The zero-order valence-corrected chi connectivity index (χ0v) is 21.1. The molecule has 3 aromatic carbocycles. The predicted octanol–water partition coefficient (Wildman–Crippen LogP) is 5.73. The maximum atomic E-state index is 12.6. The highest BCUT2D eigenvalue weighted by Crippen LogP contribution is 2.30. The number of nitro groups is 1. The molecule has 0 saturated heterocycles. The molecule has 5 rings (SSSR count). The standard InChI is InChI=1S/C27H24N6O3S/c1-17-18(2)28-24-12-11-20(13-23(17)24)26-30-31-27(32(26)15-19-7-4-3-5-8-19)37-16-25(34)29-21-9-6-10-22(14-21)33(35)36/h3-14,28H,15-16H2,1-2H3,(H,29,34). The van der Waals surface area contributed by atoms with Crippen LogP contribution in [0.15, 0.2) is 78.0 Å². The Hall–Kier alpha value is -4.44. The molecular formula is C27H24N6O3S. The fourth-order valence-electron chi connectivity index (χ4n) is 4.14. The number of thioether (sulfide) groups is 1. The number of hydrogen-bond acceptors (Lipinski definition) is 6. The number of nitro benzene ring substituents is 1. The Morgan fingerprint density at radius 1 is 1.05 bits per heavy atom. The number of aryl methyl sites for hydroxylation is 2. The van der Waals surface area contributed by atoms with Crippen LogP contribution in [0.5, 0.6) is 0 Å². The van der Waals surface area contributed by atoms with Gasteiger partial charge in [0.25, 0.3) is 5.69 Å². The summed E-state index contributed by atoms with van der Waals surface area (Å²) < 4.78 is 2.01.